The van der Waals surface area contributed by atoms with Gasteiger partial charge in [-0.25, -0.2) is 4.79 Å². The van der Waals surface area contributed by atoms with Crippen LogP contribution in [-0.2, 0) is 25.6 Å². The molecule has 1 heterocycles. The van der Waals surface area contributed by atoms with Crippen molar-refractivity contribution in [3.8, 4) is 0 Å². The number of hydrogen-bond acceptors (Lipinski definition) is 5. The summed E-state index contributed by atoms with van der Waals surface area (Å²) in [6.45, 7) is 10.8. The number of hydrogen-bond donors (Lipinski definition) is 1. The molecular weight excluding hydrogens is 372 g/mol. The second-order valence-corrected chi connectivity index (χ2v) is 7.03. The highest BCUT2D eigenvalue weighted by Gasteiger charge is 2.22. The van der Waals surface area contributed by atoms with Gasteiger partial charge < -0.3 is 19.4 Å². The van der Waals surface area contributed by atoms with Crippen LogP contribution < -0.4 is 5.32 Å². The van der Waals surface area contributed by atoms with E-state index in [0.717, 1.165) is 16.8 Å². The summed E-state index contributed by atoms with van der Waals surface area (Å²) in [7, 11) is 0. The number of rotatable bonds is 7. The number of esters is 2. The van der Waals surface area contributed by atoms with E-state index < -0.39 is 23.9 Å². The molecule has 2 aromatic rings. The molecule has 29 heavy (non-hydrogen) atoms. The smallest absolute Gasteiger partial charge is 0.339 e. The van der Waals surface area contributed by atoms with Gasteiger partial charge >= 0.3 is 11.9 Å². The van der Waals surface area contributed by atoms with Gasteiger partial charge in [0.1, 0.15) is 6.54 Å². The second kappa shape index (κ2) is 9.41. The summed E-state index contributed by atoms with van der Waals surface area (Å²) in [6.07, 6.45) is -0.955. The minimum atomic E-state index is -0.955. The lowest BCUT2D eigenvalue weighted by Crippen LogP contribution is -2.31. The van der Waals surface area contributed by atoms with Gasteiger partial charge in [0.25, 0.3) is 5.91 Å². The maximum Gasteiger partial charge on any atom is 0.339 e. The third-order valence-corrected chi connectivity index (χ3v) is 4.67. The van der Waals surface area contributed by atoms with E-state index in [-0.39, 0.29) is 13.2 Å². The van der Waals surface area contributed by atoms with Gasteiger partial charge in [0.15, 0.2) is 6.10 Å². The van der Waals surface area contributed by atoms with Gasteiger partial charge in [-0.3, -0.25) is 9.59 Å². The van der Waals surface area contributed by atoms with Crippen molar-refractivity contribution >= 4 is 23.5 Å². The number of nitrogens with one attached hydrogen (secondary N) is 1. The average molecular weight is 400 g/mol. The molecule has 1 amide bonds. The van der Waals surface area contributed by atoms with Crippen molar-refractivity contribution < 1.29 is 23.9 Å². The fourth-order valence-corrected chi connectivity index (χ4v) is 3.07. The summed E-state index contributed by atoms with van der Waals surface area (Å²) in [5, 5.41) is 2.78. The van der Waals surface area contributed by atoms with Crippen LogP contribution in [0.1, 0.15) is 46.7 Å². The van der Waals surface area contributed by atoms with E-state index in [1.54, 1.807) is 31.4 Å². The quantitative estimate of drug-likeness (QED) is 0.719. The van der Waals surface area contributed by atoms with Crippen LogP contribution in [0.3, 0.4) is 0 Å². The molecule has 0 aliphatic carbocycles. The Morgan fingerprint density at radius 3 is 2.41 bits per heavy atom. The molecule has 2 rings (SSSR count). The molecule has 156 valence electrons. The van der Waals surface area contributed by atoms with Gasteiger partial charge in [0, 0.05) is 17.1 Å². The number of aromatic nitrogens is 1. The summed E-state index contributed by atoms with van der Waals surface area (Å²) in [4.78, 5) is 36.7. The number of anilines is 1. The van der Waals surface area contributed by atoms with E-state index in [0.29, 0.717) is 16.9 Å². The molecule has 0 saturated heterocycles. The van der Waals surface area contributed by atoms with Gasteiger partial charge in [-0.15, -0.1) is 0 Å². The molecule has 0 spiro atoms. The SMILES string of the molecule is CCOC(=O)c1cc(C)n(CC(=O)O[C@@H](C)C(=O)Nc2ccc(C)cc2C)c1C. The minimum Gasteiger partial charge on any atom is -0.462 e. The molecule has 0 aliphatic rings. The molecule has 7 nitrogen and oxygen atoms in total. The molecule has 0 unspecified atom stereocenters. The van der Waals surface area contributed by atoms with Crippen LogP contribution in [-0.4, -0.2) is 35.1 Å². The largest absolute Gasteiger partial charge is 0.462 e. The molecule has 1 N–H and O–H groups in total. The Hall–Kier alpha value is -3.09. The Morgan fingerprint density at radius 2 is 1.79 bits per heavy atom. The minimum absolute atomic E-state index is 0.0990. The van der Waals surface area contributed by atoms with Crippen molar-refractivity contribution in [2.45, 2.75) is 54.2 Å². The van der Waals surface area contributed by atoms with E-state index in [1.807, 2.05) is 32.0 Å². The Bertz CT molecular complexity index is 930. The Morgan fingerprint density at radius 1 is 1.10 bits per heavy atom. The van der Waals surface area contributed by atoms with Crippen LogP contribution in [0.4, 0.5) is 5.69 Å². The van der Waals surface area contributed by atoms with Crippen LogP contribution in [0.25, 0.3) is 0 Å². The third kappa shape index (κ3) is 5.47. The van der Waals surface area contributed by atoms with Crippen LogP contribution in [0.2, 0.25) is 0 Å². The average Bonchev–Trinajstić information content (AvgIpc) is 2.92. The molecule has 1 aromatic heterocycles. The molecule has 1 aromatic carbocycles. The van der Waals surface area contributed by atoms with Crippen LogP contribution in [0.15, 0.2) is 24.3 Å². The van der Waals surface area contributed by atoms with Crippen molar-refractivity contribution in [1.82, 2.24) is 4.57 Å². The summed E-state index contributed by atoms with van der Waals surface area (Å²) in [5.74, 6) is -1.40. The Labute approximate surface area is 171 Å². The summed E-state index contributed by atoms with van der Waals surface area (Å²) in [6, 6.07) is 7.36. The van der Waals surface area contributed by atoms with E-state index in [9.17, 15) is 14.4 Å². The van der Waals surface area contributed by atoms with Crippen molar-refractivity contribution in [3.63, 3.8) is 0 Å². The van der Waals surface area contributed by atoms with Crippen molar-refractivity contribution in [2.24, 2.45) is 0 Å². The van der Waals surface area contributed by atoms with Crippen molar-refractivity contribution in [3.05, 3.63) is 52.3 Å². The van der Waals surface area contributed by atoms with Crippen molar-refractivity contribution in [1.29, 1.82) is 0 Å². The fourth-order valence-electron chi connectivity index (χ4n) is 3.07. The zero-order valence-electron chi connectivity index (χ0n) is 17.8. The standard InChI is InChI=1S/C22H28N2O5/c1-7-28-22(27)18-11-15(4)24(16(18)5)12-20(25)29-17(6)21(26)23-19-9-8-13(2)10-14(19)3/h8-11,17H,7,12H2,1-6H3,(H,23,26)/t17-/m0/s1. The molecule has 0 fully saturated rings. The third-order valence-electron chi connectivity index (χ3n) is 4.67. The number of nitrogens with zero attached hydrogens (tertiary/aromatic N) is 1. The summed E-state index contributed by atoms with van der Waals surface area (Å²) < 4.78 is 12.0. The number of carbonyl (C=O) groups is 3. The lowest BCUT2D eigenvalue weighted by molar-refractivity contribution is -0.153. The van der Waals surface area contributed by atoms with Crippen molar-refractivity contribution in [2.75, 3.05) is 11.9 Å². The zero-order valence-corrected chi connectivity index (χ0v) is 17.8. The van der Waals surface area contributed by atoms with E-state index >= 15 is 0 Å². The van der Waals surface area contributed by atoms with Crippen LogP contribution in [0, 0.1) is 27.7 Å². The molecule has 1 atom stereocenters. The highest BCUT2D eigenvalue weighted by Crippen LogP contribution is 2.18. The van der Waals surface area contributed by atoms with Gasteiger partial charge in [0.2, 0.25) is 0 Å². The Balaban J connectivity index is 2.01. The first-order valence-corrected chi connectivity index (χ1v) is 9.55. The monoisotopic (exact) mass is 400 g/mol. The number of benzene rings is 1. The zero-order chi connectivity index (χ0) is 21.7. The highest BCUT2D eigenvalue weighted by atomic mass is 16.5. The van der Waals surface area contributed by atoms with Gasteiger partial charge in [0.05, 0.1) is 12.2 Å². The van der Waals surface area contributed by atoms with E-state index in [2.05, 4.69) is 5.32 Å². The number of carbonyl (C=O) groups excluding carboxylic acids is 3. The molecule has 0 radical (unpaired) electrons. The predicted molar refractivity (Wildman–Crippen MR) is 110 cm³/mol. The van der Waals surface area contributed by atoms with Gasteiger partial charge in [-0.05, 0) is 59.2 Å². The summed E-state index contributed by atoms with van der Waals surface area (Å²) >= 11 is 0. The van der Waals surface area contributed by atoms with Crippen LogP contribution in [0.5, 0.6) is 0 Å². The normalized spacial score (nSPS) is 11.7. The summed E-state index contributed by atoms with van der Waals surface area (Å²) in [5.41, 5.74) is 4.47. The number of aryl methyl sites for hydroxylation is 3. The van der Waals surface area contributed by atoms with Crippen LogP contribution >= 0.6 is 0 Å². The number of ether oxygens (including phenoxy) is 2. The molecule has 0 saturated carbocycles. The fraction of sp³-hybridized carbons (Fsp3) is 0.409. The molecule has 7 heteroatoms. The molecule has 0 bridgehead atoms. The highest BCUT2D eigenvalue weighted by molar-refractivity contribution is 5.95. The maximum atomic E-state index is 12.4. The lowest BCUT2D eigenvalue weighted by atomic mass is 10.1. The van der Waals surface area contributed by atoms with Gasteiger partial charge in [-0.2, -0.15) is 0 Å². The maximum absolute atomic E-state index is 12.4. The number of amides is 1. The lowest BCUT2D eigenvalue weighted by Gasteiger charge is -2.16. The first kappa shape index (κ1) is 22.2. The molecule has 0 aliphatic heterocycles. The Kier molecular flexibility index (Phi) is 7.20. The second-order valence-electron chi connectivity index (χ2n) is 7.03. The topological polar surface area (TPSA) is 86.6 Å². The van der Waals surface area contributed by atoms with E-state index in [4.69, 9.17) is 9.47 Å². The van der Waals surface area contributed by atoms with Gasteiger partial charge in [-0.1, -0.05) is 17.7 Å². The molecular formula is C22H28N2O5. The first-order chi connectivity index (χ1) is 13.6. The first-order valence-electron chi connectivity index (χ1n) is 9.55. The predicted octanol–water partition coefficient (Wildman–Crippen LogP) is 3.47. The van der Waals surface area contributed by atoms with E-state index in [1.165, 1.54) is 6.92 Å².